The molecule has 14 heteroatoms. The molecule has 0 heterocycles. The Bertz CT molecular complexity index is 334. The van der Waals surface area contributed by atoms with E-state index in [0.717, 1.165) is 0 Å². The van der Waals surface area contributed by atoms with Crippen LogP contribution in [0.3, 0.4) is 0 Å². The van der Waals surface area contributed by atoms with Crippen molar-refractivity contribution in [3.63, 3.8) is 0 Å². The Morgan fingerprint density at radius 3 is 1.50 bits per heavy atom. The van der Waals surface area contributed by atoms with E-state index in [9.17, 15) is 25.9 Å². The molecule has 22 heavy (non-hydrogen) atoms. The van der Waals surface area contributed by atoms with E-state index in [2.05, 4.69) is 4.74 Å². The average molecular weight is 362 g/mol. The van der Waals surface area contributed by atoms with Crippen molar-refractivity contribution in [1.29, 1.82) is 0 Å². The maximum absolute atomic E-state index is 12.3. The zero-order chi connectivity index (χ0) is 15.6. The van der Waals surface area contributed by atoms with Crippen LogP contribution in [0.5, 0.6) is 0 Å². The third-order valence-electron chi connectivity index (χ3n) is 1.81. The van der Waals surface area contributed by atoms with Crippen LogP contribution in [0.4, 0.5) is 16.8 Å². The first-order chi connectivity index (χ1) is 9.19. The Hall–Kier alpha value is 1.21. The van der Waals surface area contributed by atoms with E-state index in [4.69, 9.17) is 14.2 Å². The Balaban J connectivity index is -0.00000180. The van der Waals surface area contributed by atoms with Gasteiger partial charge in [0.2, 0.25) is 0 Å². The van der Waals surface area contributed by atoms with Crippen molar-refractivity contribution >= 4 is 53.2 Å². The van der Waals surface area contributed by atoms with Crippen LogP contribution in [-0.4, -0.2) is 90.1 Å². The molecule has 0 aliphatic carbocycles. The Morgan fingerprint density at radius 1 is 0.773 bits per heavy atom. The molecular formula is C8H18F4Li2O6P2. The van der Waals surface area contributed by atoms with Gasteiger partial charge in [-0.3, -0.25) is 0 Å². The first-order valence-corrected chi connectivity index (χ1v) is 8.55. The van der Waals surface area contributed by atoms with Gasteiger partial charge in [-0.25, -0.2) is 9.13 Å². The van der Waals surface area contributed by atoms with E-state index < -0.39 is 27.7 Å². The van der Waals surface area contributed by atoms with E-state index in [1.165, 1.54) is 7.11 Å². The number of methoxy groups -OCH3 is 1. The van der Waals surface area contributed by atoms with Crippen LogP contribution in [0.2, 0.25) is 0 Å². The number of rotatable bonds is 12. The van der Waals surface area contributed by atoms with Crippen LogP contribution in [0.15, 0.2) is 0 Å². The quantitative estimate of drug-likeness (QED) is 0.229. The number of ether oxygens (including phenoxy) is 4. The van der Waals surface area contributed by atoms with E-state index >= 15 is 0 Å². The second-order valence-electron chi connectivity index (χ2n) is 3.42. The summed E-state index contributed by atoms with van der Waals surface area (Å²) in [4.78, 5) is 0. The fourth-order valence-corrected chi connectivity index (χ4v) is 2.82. The first-order valence-electron chi connectivity index (χ1n) is 5.43. The third-order valence-corrected chi connectivity index (χ3v) is 4.75. The molecule has 0 saturated heterocycles. The molecule has 0 aromatic rings. The second kappa shape index (κ2) is 14.5. The molecule has 126 valence electrons. The monoisotopic (exact) mass is 362 g/mol. The van der Waals surface area contributed by atoms with Gasteiger partial charge < -0.3 is 18.9 Å². The van der Waals surface area contributed by atoms with Gasteiger partial charge in [0.1, 0.15) is 0 Å². The molecule has 0 saturated carbocycles. The fourth-order valence-electron chi connectivity index (χ4n) is 1.01. The van der Waals surface area contributed by atoms with Gasteiger partial charge in [-0.15, -0.1) is 16.8 Å². The normalized spacial score (nSPS) is 11.9. The number of hydrogen-bond donors (Lipinski definition) is 0. The minimum atomic E-state index is -6.30. The van der Waals surface area contributed by atoms with Crippen molar-refractivity contribution in [3.8, 4) is 0 Å². The van der Waals surface area contributed by atoms with Crippen LogP contribution in [-0.2, 0) is 28.1 Å². The molecule has 0 rings (SSSR count). The van der Waals surface area contributed by atoms with E-state index in [0.29, 0.717) is 13.2 Å². The summed E-state index contributed by atoms with van der Waals surface area (Å²) in [5, 5.41) is 0. The van der Waals surface area contributed by atoms with Crippen LogP contribution in [0, 0.1) is 0 Å². The molecule has 0 amide bonds. The van der Waals surface area contributed by atoms with E-state index in [1.807, 2.05) is 0 Å². The average Bonchev–Trinajstić information content (AvgIpc) is 2.28. The van der Waals surface area contributed by atoms with Gasteiger partial charge in [0.15, 0.2) is 0 Å². The summed E-state index contributed by atoms with van der Waals surface area (Å²) in [5.74, 6) is 0. The van der Waals surface area contributed by atoms with Crippen LogP contribution >= 0.6 is 15.5 Å². The van der Waals surface area contributed by atoms with Crippen molar-refractivity contribution in [1.82, 2.24) is 0 Å². The standard InChI is InChI=1S/C8H16F4O6P2.2Li.2H/c1-15-2-3-16-4-5-17-6-7-18-8(19(9,10)13)20(11,12)14;;;;/h8H,2-7H2,1H3;;;;. The summed E-state index contributed by atoms with van der Waals surface area (Å²) in [6.07, 6.45) is 0. The topological polar surface area (TPSA) is 71.1 Å². The van der Waals surface area contributed by atoms with Gasteiger partial charge in [0, 0.05) is 7.11 Å². The molecule has 0 atom stereocenters. The van der Waals surface area contributed by atoms with Crippen LogP contribution in [0.25, 0.3) is 0 Å². The van der Waals surface area contributed by atoms with Crippen molar-refractivity contribution in [2.24, 2.45) is 0 Å². The zero-order valence-electron chi connectivity index (χ0n) is 10.7. The molecule has 0 unspecified atom stereocenters. The predicted molar refractivity (Wildman–Crippen MR) is 77.2 cm³/mol. The summed E-state index contributed by atoms with van der Waals surface area (Å²) in [7, 11) is -11.1. The molecule has 0 bridgehead atoms. The summed E-state index contributed by atoms with van der Waals surface area (Å²) in [5.41, 5.74) is -3.35. The summed E-state index contributed by atoms with van der Waals surface area (Å²) in [6.45, 7) is 0.0435. The van der Waals surface area contributed by atoms with Crippen molar-refractivity contribution in [2.45, 2.75) is 5.59 Å². The molecule has 0 aromatic heterocycles. The van der Waals surface area contributed by atoms with Crippen molar-refractivity contribution < 1.29 is 44.9 Å². The van der Waals surface area contributed by atoms with Gasteiger partial charge in [0.05, 0.1) is 39.6 Å². The number of hydrogen-bond acceptors (Lipinski definition) is 6. The van der Waals surface area contributed by atoms with Crippen molar-refractivity contribution in [3.05, 3.63) is 0 Å². The zero-order valence-corrected chi connectivity index (χ0v) is 12.5. The van der Waals surface area contributed by atoms with Gasteiger partial charge in [-0.1, -0.05) is 0 Å². The maximum atomic E-state index is 12.3. The van der Waals surface area contributed by atoms with Gasteiger partial charge in [-0.05, 0) is 0 Å². The van der Waals surface area contributed by atoms with E-state index in [1.54, 1.807) is 0 Å². The van der Waals surface area contributed by atoms with E-state index in [-0.39, 0.29) is 57.5 Å². The summed E-state index contributed by atoms with van der Waals surface area (Å²) >= 11 is 0. The third kappa shape index (κ3) is 14.8. The number of halogens is 4. The Morgan fingerprint density at radius 2 is 1.14 bits per heavy atom. The van der Waals surface area contributed by atoms with Gasteiger partial charge in [0.25, 0.3) is 5.59 Å². The van der Waals surface area contributed by atoms with Gasteiger partial charge >= 0.3 is 53.2 Å². The molecule has 0 fully saturated rings. The predicted octanol–water partition coefficient (Wildman–Crippen LogP) is 1.93. The summed E-state index contributed by atoms with van der Waals surface area (Å²) < 4.78 is 88.4. The van der Waals surface area contributed by atoms with Gasteiger partial charge in [-0.2, -0.15) is 0 Å². The minimum absolute atomic E-state index is 0. The molecule has 0 aliphatic heterocycles. The molecule has 0 N–H and O–H groups in total. The van der Waals surface area contributed by atoms with Crippen LogP contribution in [0.1, 0.15) is 0 Å². The molecule has 0 aliphatic rings. The van der Waals surface area contributed by atoms with Crippen LogP contribution < -0.4 is 0 Å². The molecule has 0 aromatic carbocycles. The molecule has 0 spiro atoms. The fraction of sp³-hybridized carbons (Fsp3) is 1.00. The SMILES string of the molecule is COCCOCCOCCOC(P(=O)(F)F)P(=O)(F)F.[LiH].[LiH]. The molecular weight excluding hydrogens is 344 g/mol. The summed E-state index contributed by atoms with van der Waals surface area (Å²) in [6, 6.07) is 0. The Kier molecular flexibility index (Phi) is 18.5. The Labute approximate surface area is 150 Å². The second-order valence-corrected chi connectivity index (χ2v) is 6.77. The molecule has 6 nitrogen and oxygen atoms in total. The first kappa shape index (κ1) is 28.0. The van der Waals surface area contributed by atoms with Crippen molar-refractivity contribution in [2.75, 3.05) is 46.8 Å². The molecule has 0 radical (unpaired) electrons.